The number of anilines is 1. The van der Waals surface area contributed by atoms with Gasteiger partial charge in [0, 0.05) is 23.3 Å². The van der Waals surface area contributed by atoms with E-state index in [9.17, 15) is 4.79 Å². The van der Waals surface area contributed by atoms with E-state index in [0.29, 0.717) is 16.6 Å². The number of rotatable bonds is 5. The summed E-state index contributed by atoms with van der Waals surface area (Å²) in [5.41, 5.74) is 1.50. The zero-order valence-corrected chi connectivity index (χ0v) is 12.3. The monoisotopic (exact) mass is 280 g/mol. The Kier molecular flexibility index (Phi) is 4.70. The van der Waals surface area contributed by atoms with Gasteiger partial charge in [-0.05, 0) is 43.4 Å². The summed E-state index contributed by atoms with van der Waals surface area (Å²) >= 11 is 5.99. The highest BCUT2D eigenvalue weighted by Crippen LogP contribution is 2.27. The number of amides is 1. The highest BCUT2D eigenvalue weighted by molar-refractivity contribution is 6.31. The Morgan fingerprint density at radius 2 is 2.16 bits per heavy atom. The molecule has 0 atom stereocenters. The van der Waals surface area contributed by atoms with Crippen LogP contribution in [0.4, 0.5) is 5.69 Å². The molecule has 1 aliphatic rings. The van der Waals surface area contributed by atoms with Crippen molar-refractivity contribution in [2.24, 2.45) is 5.92 Å². The van der Waals surface area contributed by atoms with Crippen molar-refractivity contribution in [3.05, 3.63) is 28.8 Å². The first kappa shape index (κ1) is 14.2. The average Bonchev–Trinajstić information content (AvgIpc) is 2.35. The lowest BCUT2D eigenvalue weighted by atomic mass is 9.82. The standard InChI is InChI=1S/C15H21ClN2O/c1-3-6-17-14-5-4-11(16)9-13(14)15(19)18-12-7-10(2)8-12/h4-5,9-10,12,17H,3,6-8H2,1-2H3,(H,18,19). The normalized spacial score (nSPS) is 21.6. The van der Waals surface area contributed by atoms with Gasteiger partial charge in [-0.25, -0.2) is 0 Å². The van der Waals surface area contributed by atoms with Gasteiger partial charge >= 0.3 is 0 Å². The maximum atomic E-state index is 12.3. The van der Waals surface area contributed by atoms with Crippen LogP contribution in [0.5, 0.6) is 0 Å². The van der Waals surface area contributed by atoms with Crippen LogP contribution >= 0.6 is 11.6 Å². The van der Waals surface area contributed by atoms with Crippen LogP contribution in [0.3, 0.4) is 0 Å². The molecule has 0 unspecified atom stereocenters. The van der Waals surface area contributed by atoms with Crippen LogP contribution in [0.1, 0.15) is 43.5 Å². The van der Waals surface area contributed by atoms with Crippen molar-refractivity contribution in [2.75, 3.05) is 11.9 Å². The van der Waals surface area contributed by atoms with Crippen LogP contribution in [0.2, 0.25) is 5.02 Å². The molecule has 0 aliphatic heterocycles. The lowest BCUT2D eigenvalue weighted by Gasteiger charge is -2.33. The molecule has 0 spiro atoms. The number of hydrogen-bond donors (Lipinski definition) is 2. The molecule has 0 radical (unpaired) electrons. The molecule has 0 aromatic heterocycles. The maximum absolute atomic E-state index is 12.3. The average molecular weight is 281 g/mol. The van der Waals surface area contributed by atoms with Crippen molar-refractivity contribution in [1.82, 2.24) is 5.32 Å². The van der Waals surface area contributed by atoms with E-state index in [1.54, 1.807) is 6.07 Å². The summed E-state index contributed by atoms with van der Waals surface area (Å²) in [6.07, 6.45) is 3.16. The highest BCUT2D eigenvalue weighted by Gasteiger charge is 2.27. The molecule has 1 aromatic rings. The molecule has 104 valence electrons. The summed E-state index contributed by atoms with van der Waals surface area (Å²) in [4.78, 5) is 12.3. The Morgan fingerprint density at radius 1 is 1.42 bits per heavy atom. The zero-order chi connectivity index (χ0) is 13.8. The zero-order valence-electron chi connectivity index (χ0n) is 11.5. The van der Waals surface area contributed by atoms with Gasteiger partial charge in [0.15, 0.2) is 0 Å². The van der Waals surface area contributed by atoms with Gasteiger partial charge in [-0.15, -0.1) is 0 Å². The summed E-state index contributed by atoms with van der Waals surface area (Å²) in [5.74, 6) is 0.695. The third-order valence-electron chi connectivity index (χ3n) is 3.50. The van der Waals surface area contributed by atoms with Gasteiger partial charge in [0.2, 0.25) is 0 Å². The van der Waals surface area contributed by atoms with E-state index in [4.69, 9.17) is 11.6 Å². The molecule has 3 nitrogen and oxygen atoms in total. The summed E-state index contributed by atoms with van der Waals surface area (Å²) in [6.45, 7) is 5.15. The lowest BCUT2D eigenvalue weighted by Crippen LogP contribution is -2.43. The molecule has 2 rings (SSSR count). The molecule has 1 aliphatic carbocycles. The first-order chi connectivity index (χ1) is 9.10. The summed E-state index contributed by atoms with van der Waals surface area (Å²) in [7, 11) is 0. The molecule has 1 amide bonds. The van der Waals surface area contributed by atoms with Crippen LogP contribution in [0, 0.1) is 5.92 Å². The van der Waals surface area contributed by atoms with Crippen molar-refractivity contribution in [3.8, 4) is 0 Å². The van der Waals surface area contributed by atoms with E-state index >= 15 is 0 Å². The Hall–Kier alpha value is -1.22. The van der Waals surface area contributed by atoms with Crippen LogP contribution in [0.15, 0.2) is 18.2 Å². The Morgan fingerprint density at radius 3 is 2.79 bits per heavy atom. The van der Waals surface area contributed by atoms with E-state index in [-0.39, 0.29) is 5.91 Å². The molecule has 1 aromatic carbocycles. The molecule has 0 bridgehead atoms. The highest BCUT2D eigenvalue weighted by atomic mass is 35.5. The van der Waals surface area contributed by atoms with E-state index in [1.807, 2.05) is 12.1 Å². The van der Waals surface area contributed by atoms with Gasteiger partial charge in [-0.3, -0.25) is 4.79 Å². The number of benzene rings is 1. The Labute approximate surface area is 119 Å². The first-order valence-electron chi connectivity index (χ1n) is 6.94. The summed E-state index contributed by atoms with van der Waals surface area (Å²) < 4.78 is 0. The molecule has 0 heterocycles. The summed E-state index contributed by atoms with van der Waals surface area (Å²) in [5, 5.41) is 6.93. The van der Waals surface area contributed by atoms with Crippen LogP contribution in [0.25, 0.3) is 0 Å². The van der Waals surface area contributed by atoms with Gasteiger partial charge in [0.05, 0.1) is 5.56 Å². The number of carbonyl (C=O) groups is 1. The SMILES string of the molecule is CCCNc1ccc(Cl)cc1C(=O)NC1CC(C)C1. The number of carbonyl (C=O) groups excluding carboxylic acids is 1. The fourth-order valence-electron chi connectivity index (χ4n) is 2.40. The third kappa shape index (κ3) is 3.63. The first-order valence-corrected chi connectivity index (χ1v) is 7.32. The number of nitrogens with one attached hydrogen (secondary N) is 2. The van der Waals surface area contributed by atoms with Crippen molar-refractivity contribution in [2.45, 2.75) is 39.2 Å². The largest absolute Gasteiger partial charge is 0.384 e. The van der Waals surface area contributed by atoms with Crippen molar-refractivity contribution in [1.29, 1.82) is 0 Å². The Balaban J connectivity index is 2.07. The molecule has 19 heavy (non-hydrogen) atoms. The second-order valence-electron chi connectivity index (χ2n) is 5.36. The van der Waals surface area contributed by atoms with Crippen LogP contribution in [-0.4, -0.2) is 18.5 Å². The third-order valence-corrected chi connectivity index (χ3v) is 3.74. The quantitative estimate of drug-likeness (QED) is 0.864. The fourth-order valence-corrected chi connectivity index (χ4v) is 2.57. The van der Waals surface area contributed by atoms with Gasteiger partial charge in [0.1, 0.15) is 0 Å². The predicted octanol–water partition coefficient (Wildman–Crippen LogP) is 3.69. The molecular formula is C15H21ClN2O. The minimum atomic E-state index is -0.0296. The second-order valence-corrected chi connectivity index (χ2v) is 5.80. The lowest BCUT2D eigenvalue weighted by molar-refractivity contribution is 0.0897. The van der Waals surface area contributed by atoms with E-state index in [0.717, 1.165) is 37.4 Å². The molecule has 4 heteroatoms. The molecule has 2 N–H and O–H groups in total. The molecule has 0 saturated heterocycles. The predicted molar refractivity (Wildman–Crippen MR) is 79.9 cm³/mol. The minimum Gasteiger partial charge on any atom is -0.384 e. The second kappa shape index (κ2) is 6.29. The van der Waals surface area contributed by atoms with Crippen molar-refractivity contribution in [3.63, 3.8) is 0 Å². The molecule has 1 fully saturated rings. The topological polar surface area (TPSA) is 41.1 Å². The van der Waals surface area contributed by atoms with Gasteiger partial charge in [-0.1, -0.05) is 25.4 Å². The summed E-state index contributed by atoms with van der Waals surface area (Å²) in [6, 6.07) is 5.73. The smallest absolute Gasteiger partial charge is 0.253 e. The van der Waals surface area contributed by atoms with Crippen molar-refractivity contribution >= 4 is 23.2 Å². The van der Waals surface area contributed by atoms with Gasteiger partial charge in [-0.2, -0.15) is 0 Å². The fraction of sp³-hybridized carbons (Fsp3) is 0.533. The number of halogens is 1. The minimum absolute atomic E-state index is 0.0296. The van der Waals surface area contributed by atoms with Gasteiger partial charge in [0.25, 0.3) is 5.91 Å². The molecule has 1 saturated carbocycles. The molecular weight excluding hydrogens is 260 g/mol. The van der Waals surface area contributed by atoms with Crippen LogP contribution < -0.4 is 10.6 Å². The number of hydrogen-bond acceptors (Lipinski definition) is 2. The van der Waals surface area contributed by atoms with Crippen LogP contribution in [-0.2, 0) is 0 Å². The van der Waals surface area contributed by atoms with E-state index in [2.05, 4.69) is 24.5 Å². The van der Waals surface area contributed by atoms with E-state index in [1.165, 1.54) is 0 Å². The Bertz CT molecular complexity index is 455. The van der Waals surface area contributed by atoms with E-state index < -0.39 is 0 Å². The maximum Gasteiger partial charge on any atom is 0.253 e. The van der Waals surface area contributed by atoms with Gasteiger partial charge < -0.3 is 10.6 Å². The van der Waals surface area contributed by atoms with Crippen molar-refractivity contribution < 1.29 is 4.79 Å².